The Morgan fingerprint density at radius 3 is 2.95 bits per heavy atom. The van der Waals surface area contributed by atoms with Crippen LogP contribution in [0.25, 0.3) is 0 Å². The number of rotatable bonds is 3. The van der Waals surface area contributed by atoms with Gasteiger partial charge < -0.3 is 14.4 Å². The number of carboxylic acids is 1. The summed E-state index contributed by atoms with van der Waals surface area (Å²) < 4.78 is 8.00. The molecule has 1 saturated carbocycles. The van der Waals surface area contributed by atoms with Crippen LogP contribution in [0.4, 0.5) is 0 Å². The van der Waals surface area contributed by atoms with Crippen molar-refractivity contribution in [1.29, 1.82) is 0 Å². The van der Waals surface area contributed by atoms with Gasteiger partial charge in [-0.3, -0.25) is 0 Å². The number of hydrogen-bond acceptors (Lipinski definition) is 3. The highest BCUT2D eigenvalue weighted by Crippen LogP contribution is 2.43. The van der Waals surface area contributed by atoms with E-state index >= 15 is 0 Å². The Labute approximate surface area is 112 Å². The van der Waals surface area contributed by atoms with Gasteiger partial charge >= 0.3 is 5.97 Å². The highest BCUT2D eigenvalue weighted by Gasteiger charge is 2.42. The van der Waals surface area contributed by atoms with Crippen LogP contribution in [0.5, 0.6) is 0 Å². The van der Waals surface area contributed by atoms with Crippen LogP contribution in [-0.2, 0) is 11.3 Å². The van der Waals surface area contributed by atoms with E-state index in [1.54, 1.807) is 4.57 Å². The molecular weight excluding hydrogens is 244 g/mol. The summed E-state index contributed by atoms with van der Waals surface area (Å²) in [6, 6.07) is 0. The summed E-state index contributed by atoms with van der Waals surface area (Å²) in [5, 5.41) is 9.16. The van der Waals surface area contributed by atoms with Gasteiger partial charge in [-0.2, -0.15) is 0 Å². The van der Waals surface area contributed by atoms with Crippen molar-refractivity contribution in [1.82, 2.24) is 9.55 Å². The number of carboxylic acid groups (broad SMARTS) is 1. The quantitative estimate of drug-likeness (QED) is 0.910. The molecule has 1 saturated heterocycles. The molecule has 1 aromatic rings. The number of hydrogen-bond donors (Lipinski definition) is 1. The number of imidazole rings is 1. The third kappa shape index (κ3) is 2.27. The van der Waals surface area contributed by atoms with Gasteiger partial charge in [0.25, 0.3) is 0 Å². The van der Waals surface area contributed by atoms with Crippen LogP contribution in [0.2, 0.25) is 0 Å². The first kappa shape index (κ1) is 12.7. The first-order valence-electron chi connectivity index (χ1n) is 7.03. The number of aromatic nitrogens is 2. The molecule has 2 heterocycles. The van der Waals surface area contributed by atoms with Crippen molar-refractivity contribution < 1.29 is 14.6 Å². The topological polar surface area (TPSA) is 64.3 Å². The molecule has 1 spiro atoms. The van der Waals surface area contributed by atoms with Crippen molar-refractivity contribution in [2.45, 2.75) is 63.7 Å². The van der Waals surface area contributed by atoms with Gasteiger partial charge in [-0.15, -0.1) is 0 Å². The fourth-order valence-electron chi connectivity index (χ4n) is 3.48. The zero-order chi connectivity index (χ0) is 13.5. The number of aromatic carboxylic acids is 1. The van der Waals surface area contributed by atoms with E-state index in [0.717, 1.165) is 31.5 Å². The van der Waals surface area contributed by atoms with Crippen LogP contribution in [0.3, 0.4) is 0 Å². The lowest BCUT2D eigenvalue weighted by atomic mass is 9.98. The second-order valence-corrected chi connectivity index (χ2v) is 5.78. The van der Waals surface area contributed by atoms with Gasteiger partial charge in [-0.25, -0.2) is 9.78 Å². The van der Waals surface area contributed by atoms with E-state index in [-0.39, 0.29) is 17.4 Å². The maximum Gasteiger partial charge on any atom is 0.354 e. The largest absolute Gasteiger partial charge is 0.477 e. The van der Waals surface area contributed by atoms with E-state index in [4.69, 9.17) is 9.84 Å². The summed E-state index contributed by atoms with van der Waals surface area (Å²) in [5.41, 5.74) is 0.358. The summed E-state index contributed by atoms with van der Waals surface area (Å²) in [7, 11) is 0. The molecule has 1 aliphatic heterocycles. The lowest BCUT2D eigenvalue weighted by Gasteiger charge is -2.24. The van der Waals surface area contributed by atoms with E-state index in [1.165, 1.54) is 19.0 Å². The van der Waals surface area contributed by atoms with Crippen molar-refractivity contribution in [2.75, 3.05) is 0 Å². The Hall–Kier alpha value is -1.36. The minimum absolute atomic E-state index is 0.0997. The van der Waals surface area contributed by atoms with Crippen molar-refractivity contribution >= 4 is 5.97 Å². The summed E-state index contributed by atoms with van der Waals surface area (Å²) in [6.45, 7) is 2.45. The normalized spacial score (nSPS) is 25.2. The summed E-state index contributed by atoms with van der Waals surface area (Å²) in [4.78, 5) is 15.3. The molecule has 19 heavy (non-hydrogen) atoms. The molecule has 2 aliphatic rings. The van der Waals surface area contributed by atoms with E-state index in [2.05, 4.69) is 4.98 Å². The zero-order valence-electron chi connectivity index (χ0n) is 11.3. The van der Waals surface area contributed by atoms with Crippen LogP contribution in [0.1, 0.15) is 54.8 Å². The van der Waals surface area contributed by atoms with Crippen LogP contribution in [-0.4, -0.2) is 32.3 Å². The highest BCUT2D eigenvalue weighted by atomic mass is 16.5. The molecule has 1 N–H and O–H groups in total. The Bertz CT molecular complexity index is 489. The van der Waals surface area contributed by atoms with Crippen LogP contribution in [0.15, 0.2) is 6.20 Å². The average molecular weight is 264 g/mol. The Balaban J connectivity index is 1.73. The number of carbonyl (C=O) groups is 1. The van der Waals surface area contributed by atoms with Crippen molar-refractivity contribution in [3.8, 4) is 0 Å². The van der Waals surface area contributed by atoms with E-state index in [1.807, 2.05) is 6.92 Å². The molecule has 0 radical (unpaired) electrons. The van der Waals surface area contributed by atoms with Gasteiger partial charge in [0.1, 0.15) is 11.5 Å². The van der Waals surface area contributed by atoms with E-state index in [0.29, 0.717) is 6.54 Å². The molecule has 5 heteroatoms. The maximum atomic E-state index is 11.2. The predicted octanol–water partition coefficient (Wildman–Crippen LogP) is 2.38. The highest BCUT2D eigenvalue weighted by molar-refractivity contribution is 5.85. The fourth-order valence-corrected chi connectivity index (χ4v) is 3.48. The number of aryl methyl sites for hydroxylation is 1. The fraction of sp³-hybridized carbons (Fsp3) is 0.714. The zero-order valence-corrected chi connectivity index (χ0v) is 11.3. The van der Waals surface area contributed by atoms with E-state index in [9.17, 15) is 4.79 Å². The molecule has 0 amide bonds. The molecule has 0 bridgehead atoms. The first-order chi connectivity index (χ1) is 9.10. The average Bonchev–Trinajstić information content (AvgIpc) is 3.05. The van der Waals surface area contributed by atoms with Gasteiger partial charge in [-0.05, 0) is 32.6 Å². The number of nitrogens with zero attached hydrogens (tertiary/aromatic N) is 2. The SMILES string of the molecule is Cc1ncc(C(=O)O)n1CC1CCC2(CCCC2)O1. The molecule has 1 aliphatic carbocycles. The third-order valence-electron chi connectivity index (χ3n) is 4.51. The number of ether oxygens (including phenoxy) is 1. The van der Waals surface area contributed by atoms with Crippen LogP contribution >= 0.6 is 0 Å². The Kier molecular flexibility index (Phi) is 3.09. The van der Waals surface area contributed by atoms with Gasteiger partial charge in [0.2, 0.25) is 0 Å². The third-order valence-corrected chi connectivity index (χ3v) is 4.51. The van der Waals surface area contributed by atoms with Crippen molar-refractivity contribution in [3.05, 3.63) is 17.7 Å². The smallest absolute Gasteiger partial charge is 0.354 e. The standard InChI is InChI=1S/C14H20N2O3/c1-10-15-8-12(13(17)18)16(10)9-11-4-7-14(19-11)5-2-3-6-14/h8,11H,2-7,9H2,1H3,(H,17,18). The van der Waals surface area contributed by atoms with Gasteiger partial charge in [0, 0.05) is 0 Å². The molecule has 1 atom stereocenters. The lowest BCUT2D eigenvalue weighted by Crippen LogP contribution is -2.27. The predicted molar refractivity (Wildman–Crippen MR) is 69.2 cm³/mol. The molecule has 2 fully saturated rings. The Morgan fingerprint density at radius 1 is 1.53 bits per heavy atom. The van der Waals surface area contributed by atoms with E-state index < -0.39 is 5.97 Å². The summed E-state index contributed by atoms with van der Waals surface area (Å²) in [6.07, 6.45) is 8.55. The maximum absolute atomic E-state index is 11.2. The molecular formula is C14H20N2O3. The first-order valence-corrected chi connectivity index (χ1v) is 7.03. The van der Waals surface area contributed by atoms with Crippen LogP contribution < -0.4 is 0 Å². The second-order valence-electron chi connectivity index (χ2n) is 5.78. The summed E-state index contributed by atoms with van der Waals surface area (Å²) >= 11 is 0. The van der Waals surface area contributed by atoms with Gasteiger partial charge in [0.15, 0.2) is 0 Å². The minimum atomic E-state index is -0.922. The Morgan fingerprint density at radius 2 is 2.26 bits per heavy atom. The molecule has 104 valence electrons. The van der Waals surface area contributed by atoms with Gasteiger partial charge in [-0.1, -0.05) is 12.8 Å². The second kappa shape index (κ2) is 4.63. The minimum Gasteiger partial charge on any atom is -0.477 e. The van der Waals surface area contributed by atoms with Crippen molar-refractivity contribution in [3.63, 3.8) is 0 Å². The monoisotopic (exact) mass is 264 g/mol. The van der Waals surface area contributed by atoms with Crippen LogP contribution in [0, 0.1) is 6.92 Å². The molecule has 3 rings (SSSR count). The molecule has 1 unspecified atom stereocenters. The summed E-state index contributed by atoms with van der Waals surface area (Å²) in [5.74, 6) is -0.178. The van der Waals surface area contributed by atoms with Gasteiger partial charge in [0.05, 0.1) is 24.4 Å². The molecule has 0 aromatic carbocycles. The molecule has 1 aromatic heterocycles. The lowest BCUT2D eigenvalue weighted by molar-refractivity contribution is -0.0421. The van der Waals surface area contributed by atoms with Crippen molar-refractivity contribution in [2.24, 2.45) is 0 Å². The molecule has 5 nitrogen and oxygen atoms in total.